The van der Waals surface area contributed by atoms with Gasteiger partial charge in [-0.3, -0.25) is 9.79 Å². The van der Waals surface area contributed by atoms with E-state index in [2.05, 4.69) is 10.6 Å². The zero-order valence-electron chi connectivity index (χ0n) is 16.8. The molecule has 6 nitrogen and oxygen atoms in total. The Hall–Kier alpha value is -1.25. The van der Waals surface area contributed by atoms with Gasteiger partial charge in [0.25, 0.3) is 0 Å². The second-order valence-corrected chi connectivity index (χ2v) is 7.66. The molecule has 1 aliphatic heterocycles. The number of hydrogen-bond donors (Lipinski definition) is 2. The van der Waals surface area contributed by atoms with Gasteiger partial charge in [-0.25, -0.2) is 0 Å². The molecule has 158 valence electrons. The molecule has 0 unspecified atom stereocenters. The standard InChI is InChI=1S/C21H34N4O2.HI/c26-20-11-2-1-5-15-25(20)16-7-13-22-21(24-18-8-3-4-9-18)23-14-12-19-10-6-17-27-19;/h6,10,17-18H,1-5,7-9,11-16H2,(H2,22,23,24);1H. The van der Waals surface area contributed by atoms with E-state index in [1.54, 1.807) is 6.26 Å². The van der Waals surface area contributed by atoms with Crippen LogP contribution in [0.15, 0.2) is 27.8 Å². The molecule has 1 saturated heterocycles. The Kier molecular flexibility index (Phi) is 10.7. The van der Waals surface area contributed by atoms with Crippen LogP contribution < -0.4 is 10.6 Å². The lowest BCUT2D eigenvalue weighted by atomic mass is 10.2. The van der Waals surface area contributed by atoms with Crippen molar-refractivity contribution in [2.24, 2.45) is 4.99 Å². The number of nitrogens with zero attached hydrogens (tertiary/aromatic N) is 2. The zero-order chi connectivity index (χ0) is 18.7. The number of rotatable bonds is 8. The summed E-state index contributed by atoms with van der Waals surface area (Å²) in [6.45, 7) is 3.28. The van der Waals surface area contributed by atoms with Gasteiger partial charge in [-0.05, 0) is 44.2 Å². The smallest absolute Gasteiger partial charge is 0.222 e. The fourth-order valence-electron chi connectivity index (χ4n) is 3.90. The summed E-state index contributed by atoms with van der Waals surface area (Å²) in [6, 6.07) is 4.46. The van der Waals surface area contributed by atoms with Gasteiger partial charge in [0.2, 0.25) is 5.91 Å². The minimum absolute atomic E-state index is 0. The van der Waals surface area contributed by atoms with Crippen LogP contribution in [-0.2, 0) is 11.2 Å². The van der Waals surface area contributed by atoms with E-state index in [1.165, 1.54) is 32.1 Å². The second kappa shape index (κ2) is 13.1. The van der Waals surface area contributed by atoms with Crippen molar-refractivity contribution >= 4 is 35.8 Å². The Morgan fingerprint density at radius 3 is 2.86 bits per heavy atom. The number of furan rings is 1. The third-order valence-electron chi connectivity index (χ3n) is 5.47. The number of carbonyl (C=O) groups is 1. The van der Waals surface area contributed by atoms with E-state index in [1.807, 2.05) is 17.0 Å². The van der Waals surface area contributed by atoms with Crippen molar-refractivity contribution in [1.82, 2.24) is 15.5 Å². The van der Waals surface area contributed by atoms with Crippen molar-refractivity contribution in [3.05, 3.63) is 24.2 Å². The summed E-state index contributed by atoms with van der Waals surface area (Å²) in [5, 5.41) is 7.02. The predicted molar refractivity (Wildman–Crippen MR) is 123 cm³/mol. The third-order valence-corrected chi connectivity index (χ3v) is 5.47. The van der Waals surface area contributed by atoms with Gasteiger partial charge in [0, 0.05) is 45.1 Å². The van der Waals surface area contributed by atoms with Crippen molar-refractivity contribution in [3.63, 3.8) is 0 Å². The number of guanidine groups is 1. The molecule has 2 heterocycles. The first-order chi connectivity index (χ1) is 13.3. The van der Waals surface area contributed by atoms with E-state index >= 15 is 0 Å². The third kappa shape index (κ3) is 8.01. The molecule has 2 fully saturated rings. The normalized spacial score (nSPS) is 18.6. The van der Waals surface area contributed by atoms with E-state index in [9.17, 15) is 4.79 Å². The van der Waals surface area contributed by atoms with Gasteiger partial charge >= 0.3 is 0 Å². The van der Waals surface area contributed by atoms with Crippen molar-refractivity contribution in [3.8, 4) is 0 Å². The van der Waals surface area contributed by atoms with Crippen molar-refractivity contribution in [1.29, 1.82) is 0 Å². The Morgan fingerprint density at radius 2 is 2.07 bits per heavy atom. The largest absolute Gasteiger partial charge is 0.469 e. The zero-order valence-corrected chi connectivity index (χ0v) is 19.2. The van der Waals surface area contributed by atoms with Crippen LogP contribution in [-0.4, -0.2) is 49.0 Å². The number of aliphatic imine (C=N–C) groups is 1. The molecular formula is C21H35IN4O2. The van der Waals surface area contributed by atoms with Crippen LogP contribution in [0.3, 0.4) is 0 Å². The van der Waals surface area contributed by atoms with Gasteiger partial charge in [-0.15, -0.1) is 24.0 Å². The molecular weight excluding hydrogens is 467 g/mol. The molecule has 1 aliphatic carbocycles. The number of hydrogen-bond acceptors (Lipinski definition) is 3. The van der Waals surface area contributed by atoms with Crippen LogP contribution in [0.5, 0.6) is 0 Å². The average molecular weight is 502 g/mol. The highest BCUT2D eigenvalue weighted by molar-refractivity contribution is 14.0. The molecule has 2 N–H and O–H groups in total. The number of carbonyl (C=O) groups excluding carboxylic acids is 1. The van der Waals surface area contributed by atoms with Crippen LogP contribution in [0.2, 0.25) is 0 Å². The van der Waals surface area contributed by atoms with Crippen LogP contribution in [0.1, 0.15) is 63.5 Å². The fourth-order valence-corrected chi connectivity index (χ4v) is 3.90. The molecule has 28 heavy (non-hydrogen) atoms. The summed E-state index contributed by atoms with van der Waals surface area (Å²) in [5.74, 6) is 2.20. The first-order valence-electron chi connectivity index (χ1n) is 10.7. The van der Waals surface area contributed by atoms with E-state index in [-0.39, 0.29) is 24.0 Å². The van der Waals surface area contributed by atoms with Gasteiger partial charge < -0.3 is 20.0 Å². The number of amides is 1. The lowest BCUT2D eigenvalue weighted by molar-refractivity contribution is -0.130. The van der Waals surface area contributed by atoms with E-state index in [0.29, 0.717) is 18.4 Å². The molecule has 7 heteroatoms. The van der Waals surface area contributed by atoms with E-state index in [4.69, 9.17) is 9.41 Å². The average Bonchev–Trinajstić information content (AvgIpc) is 3.33. The lowest BCUT2D eigenvalue weighted by Gasteiger charge is -2.20. The first-order valence-corrected chi connectivity index (χ1v) is 10.7. The molecule has 1 saturated carbocycles. The Bertz CT molecular complexity index is 585. The quantitative estimate of drug-likeness (QED) is 0.246. The molecule has 1 aromatic heterocycles. The van der Waals surface area contributed by atoms with Crippen molar-refractivity contribution in [2.75, 3.05) is 26.2 Å². The molecule has 0 bridgehead atoms. The molecule has 0 radical (unpaired) electrons. The maximum Gasteiger partial charge on any atom is 0.222 e. The highest BCUT2D eigenvalue weighted by Gasteiger charge is 2.17. The molecule has 0 spiro atoms. The summed E-state index contributed by atoms with van der Waals surface area (Å²) >= 11 is 0. The Labute approximate surface area is 185 Å². The number of nitrogens with one attached hydrogen (secondary N) is 2. The van der Waals surface area contributed by atoms with Gasteiger partial charge in [0.05, 0.1) is 6.26 Å². The number of halogens is 1. The maximum atomic E-state index is 12.1. The van der Waals surface area contributed by atoms with E-state index < -0.39 is 0 Å². The van der Waals surface area contributed by atoms with Gasteiger partial charge in [-0.2, -0.15) is 0 Å². The number of likely N-dealkylation sites (tertiary alicyclic amines) is 1. The molecule has 3 rings (SSSR count). The summed E-state index contributed by atoms with van der Waals surface area (Å²) in [7, 11) is 0. The monoisotopic (exact) mass is 502 g/mol. The van der Waals surface area contributed by atoms with Gasteiger partial charge in [0.15, 0.2) is 5.96 Å². The van der Waals surface area contributed by atoms with Crippen LogP contribution >= 0.6 is 24.0 Å². The summed E-state index contributed by atoms with van der Waals surface area (Å²) < 4.78 is 5.40. The van der Waals surface area contributed by atoms with Crippen molar-refractivity contribution in [2.45, 2.75) is 70.3 Å². The highest BCUT2D eigenvalue weighted by Crippen LogP contribution is 2.17. The second-order valence-electron chi connectivity index (χ2n) is 7.66. The topological polar surface area (TPSA) is 69.9 Å². The molecule has 1 aromatic rings. The molecule has 2 aliphatic rings. The van der Waals surface area contributed by atoms with Gasteiger partial charge in [0.1, 0.15) is 5.76 Å². The van der Waals surface area contributed by atoms with Gasteiger partial charge in [-0.1, -0.05) is 19.3 Å². The van der Waals surface area contributed by atoms with Crippen LogP contribution in [0.4, 0.5) is 0 Å². The predicted octanol–water partition coefficient (Wildman–Crippen LogP) is 3.71. The van der Waals surface area contributed by atoms with Crippen LogP contribution in [0, 0.1) is 0 Å². The first kappa shape index (κ1) is 23.0. The SMILES string of the molecule is I.O=C1CCCCCN1CCCN=C(NCCc1ccco1)NC1CCCC1. The maximum absolute atomic E-state index is 12.1. The van der Waals surface area contributed by atoms with Crippen LogP contribution in [0.25, 0.3) is 0 Å². The lowest BCUT2D eigenvalue weighted by Crippen LogP contribution is -2.43. The minimum Gasteiger partial charge on any atom is -0.469 e. The summed E-state index contributed by atoms with van der Waals surface area (Å²) in [6.07, 6.45) is 12.6. The Morgan fingerprint density at radius 1 is 1.21 bits per heavy atom. The molecule has 0 aromatic carbocycles. The summed E-state index contributed by atoms with van der Waals surface area (Å²) in [5.41, 5.74) is 0. The summed E-state index contributed by atoms with van der Waals surface area (Å²) in [4.78, 5) is 18.9. The highest BCUT2D eigenvalue weighted by atomic mass is 127. The van der Waals surface area contributed by atoms with E-state index in [0.717, 1.165) is 63.6 Å². The molecule has 0 atom stereocenters. The van der Waals surface area contributed by atoms with Crippen molar-refractivity contribution < 1.29 is 9.21 Å². The molecule has 1 amide bonds. The minimum atomic E-state index is 0. The Balaban J connectivity index is 0.00000280. The fraction of sp³-hybridized carbons (Fsp3) is 0.714.